The maximum absolute atomic E-state index is 5.81. The van der Waals surface area contributed by atoms with Gasteiger partial charge in [-0.25, -0.2) is 0 Å². The standard InChI is InChI=1S/C17H28N2/c1-17(2,3)15-11-9-14(10-12-15)16(19-18)13-7-5-4-6-8-13/h4-8,14-16,19H,9-12,18H2,1-3H3. The number of hydrogen-bond acceptors (Lipinski definition) is 2. The molecule has 1 aliphatic rings. The lowest BCUT2D eigenvalue weighted by atomic mass is 9.68. The summed E-state index contributed by atoms with van der Waals surface area (Å²) in [7, 11) is 0. The zero-order chi connectivity index (χ0) is 13.9. The molecule has 1 unspecified atom stereocenters. The average Bonchev–Trinajstić information content (AvgIpc) is 2.40. The van der Waals surface area contributed by atoms with Gasteiger partial charge in [0.1, 0.15) is 0 Å². The Morgan fingerprint density at radius 3 is 2.11 bits per heavy atom. The lowest BCUT2D eigenvalue weighted by Gasteiger charge is -2.39. The Balaban J connectivity index is 2.00. The molecule has 0 aliphatic heterocycles. The van der Waals surface area contributed by atoms with Crippen LogP contribution in [-0.4, -0.2) is 0 Å². The molecule has 1 fully saturated rings. The predicted molar refractivity (Wildman–Crippen MR) is 81.4 cm³/mol. The maximum atomic E-state index is 5.81. The van der Waals surface area contributed by atoms with Crippen LogP contribution in [0.1, 0.15) is 58.1 Å². The topological polar surface area (TPSA) is 38.0 Å². The molecule has 0 radical (unpaired) electrons. The van der Waals surface area contributed by atoms with Crippen molar-refractivity contribution < 1.29 is 0 Å². The van der Waals surface area contributed by atoms with Crippen LogP contribution in [0.15, 0.2) is 30.3 Å². The van der Waals surface area contributed by atoms with Crippen molar-refractivity contribution in [2.45, 2.75) is 52.5 Å². The second-order valence-corrected chi connectivity index (χ2v) is 7.03. The minimum Gasteiger partial charge on any atom is -0.271 e. The molecule has 106 valence electrons. The van der Waals surface area contributed by atoms with Gasteiger partial charge in [-0.1, -0.05) is 51.1 Å². The number of hydrazine groups is 1. The third kappa shape index (κ3) is 3.58. The van der Waals surface area contributed by atoms with E-state index in [1.807, 2.05) is 0 Å². The fraction of sp³-hybridized carbons (Fsp3) is 0.647. The molecule has 2 rings (SSSR count). The second-order valence-electron chi connectivity index (χ2n) is 7.03. The first kappa shape index (κ1) is 14.5. The molecule has 3 N–H and O–H groups in total. The number of nitrogens with two attached hydrogens (primary N) is 1. The summed E-state index contributed by atoms with van der Waals surface area (Å²) < 4.78 is 0. The molecule has 1 aliphatic carbocycles. The van der Waals surface area contributed by atoms with Crippen molar-refractivity contribution in [2.75, 3.05) is 0 Å². The van der Waals surface area contributed by atoms with Gasteiger partial charge in [-0.2, -0.15) is 0 Å². The van der Waals surface area contributed by atoms with Crippen molar-refractivity contribution in [1.82, 2.24) is 5.43 Å². The summed E-state index contributed by atoms with van der Waals surface area (Å²) >= 11 is 0. The summed E-state index contributed by atoms with van der Waals surface area (Å²) in [4.78, 5) is 0. The van der Waals surface area contributed by atoms with Crippen molar-refractivity contribution in [3.05, 3.63) is 35.9 Å². The Kier molecular flexibility index (Phi) is 4.64. The number of nitrogens with one attached hydrogen (secondary N) is 1. The van der Waals surface area contributed by atoms with E-state index in [4.69, 9.17) is 5.84 Å². The molecule has 1 saturated carbocycles. The molecule has 1 aromatic carbocycles. The maximum Gasteiger partial charge on any atom is 0.0488 e. The Hall–Kier alpha value is -0.860. The quantitative estimate of drug-likeness (QED) is 0.636. The van der Waals surface area contributed by atoms with E-state index in [9.17, 15) is 0 Å². The summed E-state index contributed by atoms with van der Waals surface area (Å²) in [5.41, 5.74) is 4.81. The van der Waals surface area contributed by atoms with E-state index in [1.54, 1.807) is 0 Å². The highest BCUT2D eigenvalue weighted by atomic mass is 15.2. The van der Waals surface area contributed by atoms with Gasteiger partial charge in [-0.3, -0.25) is 11.3 Å². The summed E-state index contributed by atoms with van der Waals surface area (Å²) in [5, 5.41) is 0. The van der Waals surface area contributed by atoms with Crippen LogP contribution < -0.4 is 11.3 Å². The molecule has 2 heteroatoms. The molecule has 2 nitrogen and oxygen atoms in total. The molecule has 0 heterocycles. The second kappa shape index (κ2) is 6.06. The smallest absolute Gasteiger partial charge is 0.0488 e. The van der Waals surface area contributed by atoms with Crippen LogP contribution >= 0.6 is 0 Å². The van der Waals surface area contributed by atoms with Crippen molar-refractivity contribution in [3.8, 4) is 0 Å². The Labute approximate surface area is 117 Å². The minimum absolute atomic E-state index is 0.308. The van der Waals surface area contributed by atoms with Crippen molar-refractivity contribution in [2.24, 2.45) is 23.1 Å². The van der Waals surface area contributed by atoms with Crippen LogP contribution in [0.4, 0.5) is 0 Å². The Morgan fingerprint density at radius 1 is 1.05 bits per heavy atom. The van der Waals surface area contributed by atoms with Gasteiger partial charge in [0.25, 0.3) is 0 Å². The SMILES string of the molecule is CC(C)(C)C1CCC(C(NN)c2ccccc2)CC1. The molecule has 1 aromatic rings. The van der Waals surface area contributed by atoms with Crippen molar-refractivity contribution in [1.29, 1.82) is 0 Å². The first-order chi connectivity index (χ1) is 9.02. The van der Waals surface area contributed by atoms with E-state index in [0.29, 0.717) is 17.4 Å². The van der Waals surface area contributed by atoms with E-state index < -0.39 is 0 Å². The number of rotatable bonds is 3. The summed E-state index contributed by atoms with van der Waals surface area (Å²) in [5.74, 6) is 7.34. The minimum atomic E-state index is 0.308. The van der Waals surface area contributed by atoms with Crippen molar-refractivity contribution >= 4 is 0 Å². The van der Waals surface area contributed by atoms with Crippen LogP contribution in [-0.2, 0) is 0 Å². The van der Waals surface area contributed by atoms with Crippen LogP contribution in [0, 0.1) is 17.3 Å². The van der Waals surface area contributed by atoms with Gasteiger partial charge >= 0.3 is 0 Å². The van der Waals surface area contributed by atoms with E-state index in [1.165, 1.54) is 31.2 Å². The molecule has 0 spiro atoms. The summed E-state index contributed by atoms with van der Waals surface area (Å²) in [6.07, 6.45) is 5.23. The first-order valence-electron chi connectivity index (χ1n) is 7.53. The lowest BCUT2D eigenvalue weighted by Crippen LogP contribution is -2.36. The molecule has 0 aromatic heterocycles. The zero-order valence-corrected chi connectivity index (χ0v) is 12.5. The zero-order valence-electron chi connectivity index (χ0n) is 12.5. The monoisotopic (exact) mass is 260 g/mol. The average molecular weight is 260 g/mol. The van der Waals surface area contributed by atoms with Crippen LogP contribution in [0.5, 0.6) is 0 Å². The molecule has 0 amide bonds. The van der Waals surface area contributed by atoms with Gasteiger partial charge < -0.3 is 0 Å². The highest BCUT2D eigenvalue weighted by molar-refractivity contribution is 5.19. The highest BCUT2D eigenvalue weighted by Crippen LogP contribution is 2.43. The molecule has 1 atom stereocenters. The van der Waals surface area contributed by atoms with E-state index >= 15 is 0 Å². The van der Waals surface area contributed by atoms with E-state index in [2.05, 4.69) is 56.5 Å². The molecule has 0 saturated heterocycles. The fourth-order valence-corrected chi connectivity index (χ4v) is 3.48. The van der Waals surface area contributed by atoms with Crippen LogP contribution in [0.3, 0.4) is 0 Å². The van der Waals surface area contributed by atoms with Crippen molar-refractivity contribution in [3.63, 3.8) is 0 Å². The van der Waals surface area contributed by atoms with E-state index in [0.717, 1.165) is 5.92 Å². The van der Waals surface area contributed by atoms with Gasteiger partial charge in [0.05, 0.1) is 0 Å². The Bertz CT molecular complexity index is 372. The third-order valence-corrected chi connectivity index (χ3v) is 4.81. The lowest BCUT2D eigenvalue weighted by molar-refractivity contribution is 0.132. The molecule has 0 bridgehead atoms. The predicted octanol–water partition coefficient (Wildman–Crippen LogP) is 4.04. The first-order valence-corrected chi connectivity index (χ1v) is 7.53. The summed E-state index contributed by atoms with van der Waals surface area (Å²) in [6.45, 7) is 7.11. The number of benzene rings is 1. The third-order valence-electron chi connectivity index (χ3n) is 4.81. The largest absolute Gasteiger partial charge is 0.271 e. The van der Waals surface area contributed by atoms with Gasteiger partial charge in [-0.05, 0) is 48.5 Å². The summed E-state index contributed by atoms with van der Waals surface area (Å²) in [6, 6.07) is 10.9. The van der Waals surface area contributed by atoms with E-state index in [-0.39, 0.29) is 0 Å². The van der Waals surface area contributed by atoms with Gasteiger partial charge in [0.15, 0.2) is 0 Å². The molecular weight excluding hydrogens is 232 g/mol. The van der Waals surface area contributed by atoms with Gasteiger partial charge in [-0.15, -0.1) is 0 Å². The molecular formula is C17H28N2. The fourth-order valence-electron chi connectivity index (χ4n) is 3.48. The highest BCUT2D eigenvalue weighted by Gasteiger charge is 2.32. The normalized spacial score (nSPS) is 26.1. The molecule has 19 heavy (non-hydrogen) atoms. The number of hydrogen-bond donors (Lipinski definition) is 2. The van der Waals surface area contributed by atoms with Gasteiger partial charge in [0, 0.05) is 6.04 Å². The van der Waals surface area contributed by atoms with Crippen LogP contribution in [0.2, 0.25) is 0 Å². The van der Waals surface area contributed by atoms with Gasteiger partial charge in [0.2, 0.25) is 0 Å². The Morgan fingerprint density at radius 2 is 1.63 bits per heavy atom. The van der Waals surface area contributed by atoms with Crippen LogP contribution in [0.25, 0.3) is 0 Å².